The number of carbonyl (C=O) groups excluding carboxylic acids is 2. The molecule has 2 saturated heterocycles. The largest absolute Gasteiger partial charge is 0.496 e. The first-order valence-corrected chi connectivity index (χ1v) is 14.1. The lowest BCUT2D eigenvalue weighted by molar-refractivity contribution is -0.162. The summed E-state index contributed by atoms with van der Waals surface area (Å²) in [5.74, 6) is 0.115. The van der Waals surface area contributed by atoms with Crippen molar-refractivity contribution >= 4 is 11.9 Å². The molecule has 3 fully saturated rings. The summed E-state index contributed by atoms with van der Waals surface area (Å²) in [5, 5.41) is 0. The normalized spacial score (nSPS) is 25.1. The van der Waals surface area contributed by atoms with Gasteiger partial charge in [0.1, 0.15) is 11.9 Å². The molecule has 8 heteroatoms. The number of hydrogen-bond donors (Lipinski definition) is 0. The first-order valence-electron chi connectivity index (χ1n) is 14.1. The second kappa shape index (κ2) is 14.1. The van der Waals surface area contributed by atoms with Gasteiger partial charge < -0.3 is 18.9 Å². The van der Waals surface area contributed by atoms with E-state index in [4.69, 9.17) is 18.9 Å². The van der Waals surface area contributed by atoms with Crippen LogP contribution in [0.5, 0.6) is 5.75 Å². The summed E-state index contributed by atoms with van der Waals surface area (Å²) in [6.45, 7) is 6.14. The second-order valence-electron chi connectivity index (χ2n) is 10.7. The van der Waals surface area contributed by atoms with Gasteiger partial charge in [0.2, 0.25) is 0 Å². The van der Waals surface area contributed by atoms with Gasteiger partial charge in [-0.15, -0.1) is 0 Å². The van der Waals surface area contributed by atoms with Crippen LogP contribution in [0.25, 0.3) is 0 Å². The van der Waals surface area contributed by atoms with Crippen LogP contribution in [-0.4, -0.2) is 93.0 Å². The average Bonchev–Trinajstić information content (AvgIpc) is 3.37. The Hall–Kier alpha value is -2.16. The predicted octanol–water partition coefficient (Wildman–Crippen LogP) is 3.52. The smallest absolute Gasteiger partial charge is 0.344 e. The number of carbonyl (C=O) groups is 2. The molecule has 37 heavy (non-hydrogen) atoms. The number of ether oxygens (including phenoxy) is 4. The Kier molecular flexibility index (Phi) is 10.6. The number of rotatable bonds is 11. The van der Waals surface area contributed by atoms with E-state index in [2.05, 4.69) is 34.9 Å². The van der Waals surface area contributed by atoms with Gasteiger partial charge >= 0.3 is 11.9 Å². The minimum absolute atomic E-state index is 0.157. The number of nitrogens with zero attached hydrogens (tertiary/aromatic N) is 2. The van der Waals surface area contributed by atoms with E-state index in [1.807, 2.05) is 0 Å². The van der Waals surface area contributed by atoms with Gasteiger partial charge in [0.05, 0.1) is 26.4 Å². The maximum Gasteiger partial charge on any atom is 0.344 e. The summed E-state index contributed by atoms with van der Waals surface area (Å²) >= 11 is 0. The van der Waals surface area contributed by atoms with E-state index in [-0.39, 0.29) is 31.3 Å². The molecule has 2 aliphatic heterocycles. The molecule has 2 heterocycles. The van der Waals surface area contributed by atoms with E-state index >= 15 is 0 Å². The highest BCUT2D eigenvalue weighted by Crippen LogP contribution is 2.29. The van der Waals surface area contributed by atoms with Gasteiger partial charge in [-0.1, -0.05) is 31.4 Å². The van der Waals surface area contributed by atoms with Crippen LogP contribution in [0.3, 0.4) is 0 Å². The van der Waals surface area contributed by atoms with E-state index in [1.54, 1.807) is 7.11 Å². The highest BCUT2D eigenvalue weighted by atomic mass is 16.6. The lowest BCUT2D eigenvalue weighted by atomic mass is 9.91. The summed E-state index contributed by atoms with van der Waals surface area (Å²) in [7, 11) is 1.71. The fourth-order valence-electron chi connectivity index (χ4n) is 5.89. The number of benzene rings is 1. The minimum atomic E-state index is -0.455. The van der Waals surface area contributed by atoms with Crippen molar-refractivity contribution in [2.75, 3.05) is 53.0 Å². The molecule has 1 aromatic rings. The summed E-state index contributed by atoms with van der Waals surface area (Å²) in [6, 6.07) is 6.69. The molecular weight excluding hydrogens is 472 g/mol. The van der Waals surface area contributed by atoms with Crippen LogP contribution in [-0.2, 0) is 30.2 Å². The Morgan fingerprint density at radius 3 is 2.59 bits per heavy atom. The Morgan fingerprint density at radius 1 is 0.973 bits per heavy atom. The lowest BCUT2D eigenvalue weighted by Crippen LogP contribution is -2.46. The molecule has 8 nitrogen and oxygen atoms in total. The molecule has 1 aromatic carbocycles. The molecule has 1 saturated carbocycles. The van der Waals surface area contributed by atoms with Crippen LogP contribution >= 0.6 is 0 Å². The van der Waals surface area contributed by atoms with Gasteiger partial charge in [0.15, 0.2) is 6.61 Å². The molecule has 206 valence electrons. The van der Waals surface area contributed by atoms with Crippen LogP contribution in [0.2, 0.25) is 0 Å². The van der Waals surface area contributed by atoms with E-state index in [1.165, 1.54) is 24.8 Å². The van der Waals surface area contributed by atoms with E-state index in [9.17, 15) is 9.59 Å². The van der Waals surface area contributed by atoms with Crippen molar-refractivity contribution in [1.82, 2.24) is 9.80 Å². The molecule has 0 aromatic heterocycles. The van der Waals surface area contributed by atoms with Gasteiger partial charge in [0, 0.05) is 19.1 Å². The lowest BCUT2D eigenvalue weighted by Gasteiger charge is -2.37. The maximum absolute atomic E-state index is 12.3. The molecule has 0 amide bonds. The van der Waals surface area contributed by atoms with Crippen LogP contribution < -0.4 is 4.74 Å². The summed E-state index contributed by atoms with van der Waals surface area (Å²) in [6.07, 6.45) is 9.71. The highest BCUT2D eigenvalue weighted by molar-refractivity contribution is 5.77. The first kappa shape index (κ1) is 27.9. The number of methoxy groups -OCH3 is 1. The van der Waals surface area contributed by atoms with Crippen molar-refractivity contribution < 1.29 is 28.5 Å². The average molecular weight is 517 g/mol. The van der Waals surface area contributed by atoms with Crippen LogP contribution in [0.15, 0.2) is 18.2 Å². The molecule has 4 rings (SSSR count). The SMILES string of the molecule is COc1cc(CCO[C@@H]2CCCC[C@H]2N2CC[C@@H](OC(=O)COC(=O)CN3CCCCC3)C2)ccc1C. The van der Waals surface area contributed by atoms with Crippen molar-refractivity contribution in [2.24, 2.45) is 0 Å². The Labute approximate surface area is 221 Å². The van der Waals surface area contributed by atoms with Gasteiger partial charge in [-0.05, 0) is 75.7 Å². The molecule has 3 atom stereocenters. The van der Waals surface area contributed by atoms with Crippen molar-refractivity contribution in [3.63, 3.8) is 0 Å². The quantitative estimate of drug-likeness (QED) is 0.414. The van der Waals surface area contributed by atoms with Crippen LogP contribution in [0.4, 0.5) is 0 Å². The zero-order valence-electron chi connectivity index (χ0n) is 22.6. The fourth-order valence-corrected chi connectivity index (χ4v) is 5.89. The van der Waals surface area contributed by atoms with E-state index in [0.29, 0.717) is 19.2 Å². The third kappa shape index (κ3) is 8.42. The van der Waals surface area contributed by atoms with Gasteiger partial charge in [-0.2, -0.15) is 0 Å². The van der Waals surface area contributed by atoms with Gasteiger partial charge in [-0.3, -0.25) is 14.6 Å². The van der Waals surface area contributed by atoms with Gasteiger partial charge in [0.25, 0.3) is 0 Å². The predicted molar refractivity (Wildman–Crippen MR) is 141 cm³/mol. The molecule has 1 aliphatic carbocycles. The monoisotopic (exact) mass is 516 g/mol. The summed E-state index contributed by atoms with van der Waals surface area (Å²) in [5.41, 5.74) is 2.36. The summed E-state index contributed by atoms with van der Waals surface area (Å²) in [4.78, 5) is 28.9. The summed E-state index contributed by atoms with van der Waals surface area (Å²) < 4.78 is 22.7. The molecule has 0 spiro atoms. The fraction of sp³-hybridized carbons (Fsp3) is 0.724. The standard InChI is InChI=1S/C29H44N2O6/c1-22-10-11-23(18-27(22)34-2)13-17-35-26-9-5-4-8-25(26)31-16-12-24(19-31)37-29(33)21-36-28(32)20-30-14-6-3-7-15-30/h10-11,18,24-26H,3-9,12-17,19-21H2,1-2H3/t24-,25-,26-/m1/s1. The van der Waals surface area contributed by atoms with Crippen molar-refractivity contribution in [3.05, 3.63) is 29.3 Å². The molecular formula is C29H44N2O6. The topological polar surface area (TPSA) is 77.5 Å². The number of piperidine rings is 1. The molecule has 0 bridgehead atoms. The number of esters is 2. The third-order valence-corrected chi connectivity index (χ3v) is 7.96. The van der Waals surface area contributed by atoms with Crippen molar-refractivity contribution in [2.45, 2.75) is 83.0 Å². The molecule has 0 N–H and O–H groups in total. The van der Waals surface area contributed by atoms with Crippen LogP contribution in [0.1, 0.15) is 62.5 Å². The number of aryl methyl sites for hydroxylation is 1. The van der Waals surface area contributed by atoms with Crippen molar-refractivity contribution in [1.29, 1.82) is 0 Å². The minimum Gasteiger partial charge on any atom is -0.496 e. The zero-order chi connectivity index (χ0) is 26.0. The number of likely N-dealkylation sites (tertiary alicyclic amines) is 2. The van der Waals surface area contributed by atoms with Crippen LogP contribution in [0, 0.1) is 6.92 Å². The Bertz CT molecular complexity index is 887. The number of hydrogen-bond acceptors (Lipinski definition) is 8. The highest BCUT2D eigenvalue weighted by Gasteiger charge is 2.36. The first-order chi connectivity index (χ1) is 18.0. The van der Waals surface area contributed by atoms with E-state index < -0.39 is 5.97 Å². The zero-order valence-corrected chi connectivity index (χ0v) is 22.6. The second-order valence-corrected chi connectivity index (χ2v) is 10.7. The van der Waals surface area contributed by atoms with E-state index in [0.717, 1.165) is 69.5 Å². The molecule has 3 aliphatic rings. The third-order valence-electron chi connectivity index (χ3n) is 7.96. The Balaban J connectivity index is 1.17. The van der Waals surface area contributed by atoms with Crippen molar-refractivity contribution in [3.8, 4) is 5.75 Å². The molecule has 0 radical (unpaired) electrons. The molecule has 0 unspecified atom stereocenters. The van der Waals surface area contributed by atoms with Gasteiger partial charge in [-0.25, -0.2) is 4.79 Å². The maximum atomic E-state index is 12.3. The Morgan fingerprint density at radius 2 is 1.78 bits per heavy atom.